The summed E-state index contributed by atoms with van der Waals surface area (Å²) in [5.74, 6) is 0.357. The van der Waals surface area contributed by atoms with Crippen molar-refractivity contribution in [2.45, 2.75) is 33.3 Å². The SMILES string of the molecule is Cc1cc([N+](=O)[O-])c(OC(C)C)cc1C1=CCN(C)CC1. The van der Waals surface area contributed by atoms with E-state index in [1.54, 1.807) is 6.07 Å². The monoisotopic (exact) mass is 290 g/mol. The minimum absolute atomic E-state index is 0.0403. The Kier molecular flexibility index (Phi) is 4.63. The van der Waals surface area contributed by atoms with Crippen LogP contribution in [0, 0.1) is 17.0 Å². The van der Waals surface area contributed by atoms with Crippen LogP contribution in [0.1, 0.15) is 31.4 Å². The Hall–Kier alpha value is -1.88. The molecule has 1 aliphatic rings. The molecule has 0 spiro atoms. The number of hydrogen-bond donors (Lipinski definition) is 0. The molecule has 0 aliphatic carbocycles. The third-order valence-corrected chi connectivity index (χ3v) is 3.62. The molecule has 5 heteroatoms. The van der Waals surface area contributed by atoms with Crippen LogP contribution in [0.5, 0.6) is 5.75 Å². The number of rotatable bonds is 4. The van der Waals surface area contributed by atoms with Crippen LogP contribution in [0.25, 0.3) is 5.57 Å². The maximum atomic E-state index is 11.2. The molecule has 0 radical (unpaired) electrons. The van der Waals surface area contributed by atoms with Gasteiger partial charge in [-0.3, -0.25) is 10.1 Å². The van der Waals surface area contributed by atoms with Crippen molar-refractivity contribution in [1.29, 1.82) is 0 Å². The maximum Gasteiger partial charge on any atom is 0.311 e. The van der Waals surface area contributed by atoms with E-state index in [-0.39, 0.29) is 16.7 Å². The number of nitro benzene ring substituents is 1. The van der Waals surface area contributed by atoms with Crippen LogP contribution in [-0.4, -0.2) is 36.1 Å². The van der Waals surface area contributed by atoms with Crippen molar-refractivity contribution in [3.63, 3.8) is 0 Å². The van der Waals surface area contributed by atoms with Gasteiger partial charge in [0, 0.05) is 19.2 Å². The number of ether oxygens (including phenoxy) is 1. The topological polar surface area (TPSA) is 55.6 Å². The lowest BCUT2D eigenvalue weighted by atomic mass is 9.95. The van der Waals surface area contributed by atoms with Gasteiger partial charge >= 0.3 is 5.69 Å². The van der Waals surface area contributed by atoms with Crippen molar-refractivity contribution >= 4 is 11.3 Å². The summed E-state index contributed by atoms with van der Waals surface area (Å²) in [4.78, 5) is 13.1. The van der Waals surface area contributed by atoms with Crippen molar-refractivity contribution in [2.75, 3.05) is 20.1 Å². The van der Waals surface area contributed by atoms with Gasteiger partial charge in [0.15, 0.2) is 5.75 Å². The Labute approximate surface area is 125 Å². The maximum absolute atomic E-state index is 11.2. The molecule has 0 atom stereocenters. The lowest BCUT2D eigenvalue weighted by Gasteiger charge is -2.23. The second-order valence-corrected chi connectivity index (χ2v) is 5.80. The molecular formula is C16H22N2O3. The molecule has 0 bridgehead atoms. The van der Waals surface area contributed by atoms with E-state index in [0.717, 1.165) is 30.6 Å². The average molecular weight is 290 g/mol. The van der Waals surface area contributed by atoms with Crippen molar-refractivity contribution in [1.82, 2.24) is 4.90 Å². The van der Waals surface area contributed by atoms with E-state index in [4.69, 9.17) is 4.74 Å². The summed E-state index contributed by atoms with van der Waals surface area (Å²) < 4.78 is 5.63. The number of likely N-dealkylation sites (N-methyl/N-ethyl adjacent to an activating group) is 1. The highest BCUT2D eigenvalue weighted by Gasteiger charge is 2.21. The fourth-order valence-electron chi connectivity index (χ4n) is 2.53. The molecule has 0 amide bonds. The van der Waals surface area contributed by atoms with Gasteiger partial charge in [-0.15, -0.1) is 0 Å². The van der Waals surface area contributed by atoms with Gasteiger partial charge < -0.3 is 9.64 Å². The third-order valence-electron chi connectivity index (χ3n) is 3.62. The fraction of sp³-hybridized carbons (Fsp3) is 0.500. The summed E-state index contributed by atoms with van der Waals surface area (Å²) in [5.41, 5.74) is 3.27. The standard InChI is InChI=1S/C16H22N2O3/c1-11(2)21-16-10-14(12(3)9-15(16)18(19)20)13-5-7-17(4)8-6-13/h5,9-11H,6-8H2,1-4H3. The van der Waals surface area contributed by atoms with Crippen LogP contribution >= 0.6 is 0 Å². The molecule has 1 aromatic rings. The molecular weight excluding hydrogens is 268 g/mol. The molecule has 1 heterocycles. The summed E-state index contributed by atoms with van der Waals surface area (Å²) in [5, 5.41) is 11.2. The molecule has 0 aromatic heterocycles. The van der Waals surface area contributed by atoms with E-state index in [0.29, 0.717) is 5.75 Å². The summed E-state index contributed by atoms with van der Waals surface area (Å²) in [7, 11) is 2.09. The average Bonchev–Trinajstić information content (AvgIpc) is 2.40. The zero-order valence-electron chi connectivity index (χ0n) is 13.0. The molecule has 114 valence electrons. The quantitative estimate of drug-likeness (QED) is 0.630. The van der Waals surface area contributed by atoms with Crippen molar-refractivity contribution in [3.8, 4) is 5.75 Å². The predicted octanol–water partition coefficient (Wildman–Crippen LogP) is 3.41. The zero-order chi connectivity index (χ0) is 15.6. The molecule has 0 unspecified atom stereocenters. The number of hydrogen-bond acceptors (Lipinski definition) is 4. The highest BCUT2D eigenvalue weighted by Crippen LogP contribution is 2.35. The van der Waals surface area contributed by atoms with Gasteiger partial charge in [0.2, 0.25) is 0 Å². The molecule has 5 nitrogen and oxygen atoms in total. The second-order valence-electron chi connectivity index (χ2n) is 5.80. The normalized spacial score (nSPS) is 16.0. The first-order chi connectivity index (χ1) is 9.88. The Morgan fingerprint density at radius 2 is 2.10 bits per heavy atom. The Bertz CT molecular complexity index is 579. The molecule has 0 saturated carbocycles. The number of nitro groups is 1. The van der Waals surface area contributed by atoms with Crippen LogP contribution in [0.15, 0.2) is 18.2 Å². The predicted molar refractivity (Wildman–Crippen MR) is 83.7 cm³/mol. The first kappa shape index (κ1) is 15.5. The van der Waals surface area contributed by atoms with Crippen molar-refractivity contribution < 1.29 is 9.66 Å². The fourth-order valence-corrected chi connectivity index (χ4v) is 2.53. The summed E-state index contributed by atoms with van der Waals surface area (Å²) in [6.45, 7) is 7.57. The van der Waals surface area contributed by atoms with E-state index >= 15 is 0 Å². The van der Waals surface area contributed by atoms with Gasteiger partial charge in [0.1, 0.15) is 0 Å². The van der Waals surface area contributed by atoms with Crippen LogP contribution < -0.4 is 4.74 Å². The number of nitrogens with zero attached hydrogens (tertiary/aromatic N) is 2. The van der Waals surface area contributed by atoms with Gasteiger partial charge in [-0.1, -0.05) is 6.08 Å². The molecule has 21 heavy (non-hydrogen) atoms. The first-order valence-electron chi connectivity index (χ1n) is 7.22. The van der Waals surface area contributed by atoms with E-state index < -0.39 is 0 Å². The highest BCUT2D eigenvalue weighted by molar-refractivity contribution is 5.72. The molecule has 0 fully saturated rings. The van der Waals surface area contributed by atoms with E-state index in [1.807, 2.05) is 26.8 Å². The molecule has 1 aliphatic heterocycles. The van der Waals surface area contributed by atoms with Gasteiger partial charge in [-0.25, -0.2) is 0 Å². The van der Waals surface area contributed by atoms with E-state index in [2.05, 4.69) is 18.0 Å². The van der Waals surface area contributed by atoms with Gasteiger partial charge in [0.05, 0.1) is 11.0 Å². The molecule has 1 aromatic carbocycles. The highest BCUT2D eigenvalue weighted by atomic mass is 16.6. The van der Waals surface area contributed by atoms with Gasteiger partial charge in [-0.05, 0) is 57.0 Å². The summed E-state index contributed by atoms with van der Waals surface area (Å²) in [6.07, 6.45) is 3.05. The molecule has 2 rings (SSSR count). The smallest absolute Gasteiger partial charge is 0.311 e. The second kappa shape index (κ2) is 6.26. The molecule has 0 N–H and O–H groups in total. The number of benzene rings is 1. The largest absolute Gasteiger partial charge is 0.484 e. The van der Waals surface area contributed by atoms with E-state index in [9.17, 15) is 10.1 Å². The first-order valence-corrected chi connectivity index (χ1v) is 7.22. The van der Waals surface area contributed by atoms with Gasteiger partial charge in [-0.2, -0.15) is 0 Å². The van der Waals surface area contributed by atoms with Crippen LogP contribution in [-0.2, 0) is 0 Å². The Balaban J connectivity index is 2.45. The van der Waals surface area contributed by atoms with Crippen LogP contribution in [0.3, 0.4) is 0 Å². The zero-order valence-corrected chi connectivity index (χ0v) is 13.0. The summed E-state index contributed by atoms with van der Waals surface area (Å²) in [6, 6.07) is 3.44. The summed E-state index contributed by atoms with van der Waals surface area (Å²) >= 11 is 0. The Morgan fingerprint density at radius 1 is 1.38 bits per heavy atom. The minimum Gasteiger partial charge on any atom is -0.484 e. The van der Waals surface area contributed by atoms with Crippen LogP contribution in [0.2, 0.25) is 0 Å². The van der Waals surface area contributed by atoms with Crippen LogP contribution in [0.4, 0.5) is 5.69 Å². The molecule has 0 saturated heterocycles. The van der Waals surface area contributed by atoms with E-state index in [1.165, 1.54) is 5.57 Å². The van der Waals surface area contributed by atoms with Gasteiger partial charge in [0.25, 0.3) is 0 Å². The third kappa shape index (κ3) is 3.61. The lowest BCUT2D eigenvalue weighted by Crippen LogP contribution is -2.23. The number of aryl methyl sites for hydroxylation is 1. The van der Waals surface area contributed by atoms with Crippen molar-refractivity contribution in [2.24, 2.45) is 0 Å². The van der Waals surface area contributed by atoms with Crippen molar-refractivity contribution in [3.05, 3.63) is 39.4 Å². The Morgan fingerprint density at radius 3 is 2.62 bits per heavy atom. The minimum atomic E-state index is -0.377. The lowest BCUT2D eigenvalue weighted by molar-refractivity contribution is -0.386.